The molecule has 0 aliphatic carbocycles. The highest BCUT2D eigenvalue weighted by Gasteiger charge is 2.31. The van der Waals surface area contributed by atoms with Gasteiger partial charge >= 0.3 is 0 Å². The molecule has 1 aliphatic heterocycles. The average molecular weight is 354 g/mol. The van der Waals surface area contributed by atoms with Crippen LogP contribution in [-0.4, -0.2) is 25.8 Å². The molecule has 0 atom stereocenters. The molecule has 0 radical (unpaired) electrons. The van der Waals surface area contributed by atoms with E-state index in [0.29, 0.717) is 25.1 Å². The Morgan fingerprint density at radius 3 is 2.37 bits per heavy atom. The van der Waals surface area contributed by atoms with E-state index in [-0.39, 0.29) is 4.47 Å². The van der Waals surface area contributed by atoms with Crippen LogP contribution in [0.25, 0.3) is 0 Å². The summed E-state index contributed by atoms with van der Waals surface area (Å²) in [5.41, 5.74) is 0. The monoisotopic (exact) mass is 353 g/mol. The number of rotatable bonds is 2. The lowest BCUT2D eigenvalue weighted by molar-refractivity contribution is 0.287. The van der Waals surface area contributed by atoms with Gasteiger partial charge in [-0.1, -0.05) is 6.92 Å². The van der Waals surface area contributed by atoms with Crippen LogP contribution < -0.4 is 0 Å². The molecule has 1 aromatic rings. The van der Waals surface area contributed by atoms with Crippen LogP contribution in [0.4, 0.5) is 8.78 Å². The highest BCUT2D eigenvalue weighted by molar-refractivity contribution is 9.10. The van der Waals surface area contributed by atoms with Crippen molar-refractivity contribution in [2.24, 2.45) is 5.92 Å². The molecule has 0 spiro atoms. The summed E-state index contributed by atoms with van der Waals surface area (Å²) in [5.74, 6) is -1.40. The van der Waals surface area contributed by atoms with Crippen LogP contribution in [0, 0.1) is 17.6 Å². The Labute approximate surface area is 119 Å². The van der Waals surface area contributed by atoms with Gasteiger partial charge in [0.1, 0.15) is 16.5 Å². The number of hydrogen-bond acceptors (Lipinski definition) is 2. The number of nitrogens with zero attached hydrogens (tertiary/aromatic N) is 1. The van der Waals surface area contributed by atoms with E-state index in [4.69, 9.17) is 0 Å². The van der Waals surface area contributed by atoms with Gasteiger partial charge in [-0.05, 0) is 40.8 Å². The van der Waals surface area contributed by atoms with Crippen molar-refractivity contribution in [3.05, 3.63) is 28.2 Å². The first-order chi connectivity index (χ1) is 8.82. The summed E-state index contributed by atoms with van der Waals surface area (Å²) < 4.78 is 52.7. The normalized spacial score (nSPS) is 18.7. The topological polar surface area (TPSA) is 37.4 Å². The Hall–Kier alpha value is -0.530. The second-order valence-electron chi connectivity index (χ2n) is 4.78. The summed E-state index contributed by atoms with van der Waals surface area (Å²) in [7, 11) is -3.89. The molecule has 0 N–H and O–H groups in total. The summed E-state index contributed by atoms with van der Waals surface area (Å²) in [6.07, 6.45) is 1.51. The van der Waals surface area contributed by atoms with Gasteiger partial charge in [0.25, 0.3) is 0 Å². The van der Waals surface area contributed by atoms with Crippen molar-refractivity contribution in [2.45, 2.75) is 24.7 Å². The Morgan fingerprint density at radius 1 is 1.21 bits per heavy atom. The standard InChI is InChI=1S/C12H14BrF2NO2S/c1-8-2-4-16(5-3-8)19(17,18)12-6-9(13)10(14)7-11(12)15/h6-8H,2-5H2,1H3. The van der Waals surface area contributed by atoms with E-state index in [1.807, 2.05) is 0 Å². The molecule has 1 saturated heterocycles. The zero-order valence-electron chi connectivity index (χ0n) is 10.4. The molecule has 2 rings (SSSR count). The van der Waals surface area contributed by atoms with Crippen LogP contribution in [0.3, 0.4) is 0 Å². The second kappa shape index (κ2) is 5.46. The number of hydrogen-bond donors (Lipinski definition) is 0. The van der Waals surface area contributed by atoms with E-state index in [0.717, 1.165) is 18.9 Å². The van der Waals surface area contributed by atoms with E-state index in [2.05, 4.69) is 22.9 Å². The van der Waals surface area contributed by atoms with Gasteiger partial charge in [-0.2, -0.15) is 4.31 Å². The Bertz CT molecular complexity index is 584. The molecule has 1 heterocycles. The molecule has 106 valence electrons. The van der Waals surface area contributed by atoms with Gasteiger partial charge in [0.15, 0.2) is 0 Å². The fraction of sp³-hybridized carbons (Fsp3) is 0.500. The summed E-state index contributed by atoms with van der Waals surface area (Å²) in [6, 6.07) is 1.57. The van der Waals surface area contributed by atoms with Crippen molar-refractivity contribution < 1.29 is 17.2 Å². The van der Waals surface area contributed by atoms with Crippen molar-refractivity contribution >= 4 is 26.0 Å². The minimum atomic E-state index is -3.89. The molecule has 1 aliphatic rings. The Balaban J connectivity index is 2.37. The van der Waals surface area contributed by atoms with Crippen LogP contribution >= 0.6 is 15.9 Å². The van der Waals surface area contributed by atoms with Gasteiger partial charge in [-0.3, -0.25) is 0 Å². The van der Waals surface area contributed by atoms with E-state index in [1.54, 1.807) is 0 Å². The SMILES string of the molecule is CC1CCN(S(=O)(=O)c2cc(Br)c(F)cc2F)CC1. The molecule has 0 bridgehead atoms. The molecule has 0 amide bonds. The lowest BCUT2D eigenvalue weighted by Crippen LogP contribution is -2.38. The maximum atomic E-state index is 13.7. The van der Waals surface area contributed by atoms with Crippen LogP contribution in [0.15, 0.2) is 21.5 Å². The van der Waals surface area contributed by atoms with E-state index < -0.39 is 26.6 Å². The first-order valence-electron chi connectivity index (χ1n) is 5.97. The van der Waals surface area contributed by atoms with Crippen molar-refractivity contribution in [1.29, 1.82) is 0 Å². The molecule has 0 aromatic heterocycles. The lowest BCUT2D eigenvalue weighted by Gasteiger charge is -2.29. The van der Waals surface area contributed by atoms with Gasteiger partial charge in [0.05, 0.1) is 4.47 Å². The summed E-state index contributed by atoms with van der Waals surface area (Å²) in [5, 5.41) is 0. The number of piperidine rings is 1. The Kier molecular flexibility index (Phi) is 4.27. The van der Waals surface area contributed by atoms with E-state index in [9.17, 15) is 17.2 Å². The third-order valence-corrected chi connectivity index (χ3v) is 5.86. The maximum Gasteiger partial charge on any atom is 0.246 e. The van der Waals surface area contributed by atoms with Crippen LogP contribution in [0.2, 0.25) is 0 Å². The molecule has 0 saturated carbocycles. The summed E-state index contributed by atoms with van der Waals surface area (Å²) >= 11 is 2.88. The van der Waals surface area contributed by atoms with Gasteiger partial charge in [0.2, 0.25) is 10.0 Å². The largest absolute Gasteiger partial charge is 0.246 e. The third-order valence-electron chi connectivity index (χ3n) is 3.34. The van der Waals surface area contributed by atoms with Crippen LogP contribution in [0.1, 0.15) is 19.8 Å². The zero-order valence-corrected chi connectivity index (χ0v) is 12.8. The van der Waals surface area contributed by atoms with E-state index in [1.165, 1.54) is 4.31 Å². The molecular formula is C12H14BrF2NO2S. The van der Waals surface area contributed by atoms with Gasteiger partial charge in [-0.15, -0.1) is 0 Å². The van der Waals surface area contributed by atoms with E-state index >= 15 is 0 Å². The first-order valence-corrected chi connectivity index (χ1v) is 8.20. The van der Waals surface area contributed by atoms with Gasteiger partial charge in [0, 0.05) is 19.2 Å². The smallest absolute Gasteiger partial charge is 0.207 e. The fourth-order valence-electron chi connectivity index (χ4n) is 2.07. The zero-order chi connectivity index (χ0) is 14.2. The summed E-state index contributed by atoms with van der Waals surface area (Å²) in [4.78, 5) is -0.477. The third kappa shape index (κ3) is 2.98. The van der Waals surface area contributed by atoms with Crippen molar-refractivity contribution in [2.75, 3.05) is 13.1 Å². The van der Waals surface area contributed by atoms with Crippen molar-refractivity contribution in [1.82, 2.24) is 4.31 Å². The minimum Gasteiger partial charge on any atom is -0.207 e. The lowest BCUT2D eigenvalue weighted by atomic mass is 10.0. The maximum absolute atomic E-state index is 13.7. The molecule has 3 nitrogen and oxygen atoms in total. The molecule has 7 heteroatoms. The highest BCUT2D eigenvalue weighted by atomic mass is 79.9. The van der Waals surface area contributed by atoms with Crippen LogP contribution in [-0.2, 0) is 10.0 Å². The van der Waals surface area contributed by atoms with Crippen molar-refractivity contribution in [3.8, 4) is 0 Å². The van der Waals surface area contributed by atoms with Gasteiger partial charge < -0.3 is 0 Å². The quantitative estimate of drug-likeness (QED) is 0.766. The average Bonchev–Trinajstić information content (AvgIpc) is 2.34. The second-order valence-corrected chi connectivity index (χ2v) is 7.54. The molecule has 0 unspecified atom stereocenters. The van der Waals surface area contributed by atoms with Gasteiger partial charge in [-0.25, -0.2) is 17.2 Å². The number of sulfonamides is 1. The number of benzene rings is 1. The molecule has 1 aromatic carbocycles. The molecule has 1 fully saturated rings. The fourth-order valence-corrected chi connectivity index (χ4v) is 4.10. The summed E-state index contributed by atoms with van der Waals surface area (Å²) in [6.45, 7) is 2.80. The van der Waals surface area contributed by atoms with Crippen LogP contribution in [0.5, 0.6) is 0 Å². The molecule has 19 heavy (non-hydrogen) atoms. The first kappa shape index (κ1) is 14.9. The number of halogens is 3. The van der Waals surface area contributed by atoms with Crippen molar-refractivity contribution in [3.63, 3.8) is 0 Å². The predicted octanol–water partition coefficient (Wildman–Crippen LogP) is 3.15. The Morgan fingerprint density at radius 2 is 1.79 bits per heavy atom. The minimum absolute atomic E-state index is 0.0575. The predicted molar refractivity (Wildman–Crippen MR) is 71.2 cm³/mol. The molecular weight excluding hydrogens is 340 g/mol. The highest BCUT2D eigenvalue weighted by Crippen LogP contribution is 2.28.